The number of nitrogens with one attached hydrogen (secondary N) is 1. The number of carbonyl (C=O) groups excluding carboxylic acids is 1. The highest BCUT2D eigenvalue weighted by Crippen LogP contribution is 2.22. The fourth-order valence-corrected chi connectivity index (χ4v) is 2.87. The van der Waals surface area contributed by atoms with Crippen LogP contribution in [0.1, 0.15) is 18.9 Å². The molecule has 2 rings (SSSR count). The lowest BCUT2D eigenvalue weighted by Gasteiger charge is -2.09. The molecular formula is C17H18FNOS. The molecule has 21 heavy (non-hydrogen) atoms. The van der Waals surface area contributed by atoms with Gasteiger partial charge in [-0.1, -0.05) is 37.3 Å². The van der Waals surface area contributed by atoms with E-state index in [1.807, 2.05) is 24.3 Å². The molecule has 0 saturated carbocycles. The van der Waals surface area contributed by atoms with Crippen LogP contribution in [-0.4, -0.2) is 11.7 Å². The second-order valence-electron chi connectivity index (χ2n) is 4.59. The maximum atomic E-state index is 13.4. The lowest BCUT2D eigenvalue weighted by molar-refractivity contribution is -0.115. The lowest BCUT2D eigenvalue weighted by Crippen LogP contribution is -2.13. The zero-order valence-corrected chi connectivity index (χ0v) is 12.8. The van der Waals surface area contributed by atoms with Gasteiger partial charge in [-0.3, -0.25) is 4.79 Å². The first kappa shape index (κ1) is 15.6. The molecule has 0 aliphatic carbocycles. The first-order valence-electron chi connectivity index (χ1n) is 6.95. The van der Waals surface area contributed by atoms with Crippen LogP contribution in [-0.2, 0) is 11.2 Å². The van der Waals surface area contributed by atoms with Crippen molar-refractivity contribution in [3.63, 3.8) is 0 Å². The van der Waals surface area contributed by atoms with Crippen LogP contribution < -0.4 is 5.32 Å². The molecule has 0 heterocycles. The van der Waals surface area contributed by atoms with Crippen LogP contribution in [0.2, 0.25) is 0 Å². The minimum Gasteiger partial charge on any atom is -0.326 e. The van der Waals surface area contributed by atoms with Crippen molar-refractivity contribution in [2.75, 3.05) is 11.1 Å². The number of hydrogen-bond donors (Lipinski definition) is 1. The standard InChI is InChI=1S/C17H18FNOS/c1-2-13-7-3-5-9-15(13)19-17(20)11-12-21-16-10-6-4-8-14(16)18/h3-10H,2,11-12H2,1H3,(H,19,20). The van der Waals surface area contributed by atoms with Crippen molar-refractivity contribution in [1.82, 2.24) is 0 Å². The average Bonchev–Trinajstić information content (AvgIpc) is 2.50. The Morgan fingerprint density at radius 2 is 1.86 bits per heavy atom. The third-order valence-electron chi connectivity index (χ3n) is 3.10. The van der Waals surface area contributed by atoms with E-state index < -0.39 is 0 Å². The average molecular weight is 303 g/mol. The normalized spacial score (nSPS) is 10.4. The van der Waals surface area contributed by atoms with E-state index in [1.54, 1.807) is 18.2 Å². The monoisotopic (exact) mass is 303 g/mol. The fourth-order valence-electron chi connectivity index (χ4n) is 1.98. The topological polar surface area (TPSA) is 29.1 Å². The van der Waals surface area contributed by atoms with Crippen LogP contribution in [0.3, 0.4) is 0 Å². The minimum absolute atomic E-state index is 0.0419. The smallest absolute Gasteiger partial charge is 0.225 e. The molecule has 0 aliphatic rings. The van der Waals surface area contributed by atoms with E-state index in [2.05, 4.69) is 12.2 Å². The van der Waals surface area contributed by atoms with Crippen molar-refractivity contribution < 1.29 is 9.18 Å². The van der Waals surface area contributed by atoms with Gasteiger partial charge in [0.2, 0.25) is 5.91 Å². The highest BCUT2D eigenvalue weighted by atomic mass is 32.2. The Labute approximate surface area is 128 Å². The summed E-state index contributed by atoms with van der Waals surface area (Å²) < 4.78 is 13.4. The summed E-state index contributed by atoms with van der Waals surface area (Å²) in [5.41, 5.74) is 1.98. The Balaban J connectivity index is 1.84. The molecular weight excluding hydrogens is 285 g/mol. The van der Waals surface area contributed by atoms with Gasteiger partial charge in [-0.05, 0) is 30.2 Å². The maximum Gasteiger partial charge on any atom is 0.225 e. The number of anilines is 1. The van der Waals surface area contributed by atoms with Gasteiger partial charge in [0.25, 0.3) is 0 Å². The molecule has 0 aromatic heterocycles. The number of benzene rings is 2. The van der Waals surface area contributed by atoms with Gasteiger partial charge in [-0.25, -0.2) is 4.39 Å². The first-order valence-corrected chi connectivity index (χ1v) is 7.94. The number of hydrogen-bond acceptors (Lipinski definition) is 2. The second kappa shape index (κ2) is 7.84. The van der Waals surface area contributed by atoms with Gasteiger partial charge in [-0.2, -0.15) is 0 Å². The molecule has 2 nitrogen and oxygen atoms in total. The highest BCUT2D eigenvalue weighted by Gasteiger charge is 2.07. The van der Waals surface area contributed by atoms with Gasteiger partial charge in [-0.15, -0.1) is 11.8 Å². The molecule has 0 saturated heterocycles. The second-order valence-corrected chi connectivity index (χ2v) is 5.72. The molecule has 2 aromatic rings. The Hall–Kier alpha value is -1.81. The number of rotatable bonds is 6. The largest absolute Gasteiger partial charge is 0.326 e. The van der Waals surface area contributed by atoms with Crippen LogP contribution in [0.5, 0.6) is 0 Å². The SMILES string of the molecule is CCc1ccccc1NC(=O)CCSc1ccccc1F. The van der Waals surface area contributed by atoms with Crippen LogP contribution in [0.25, 0.3) is 0 Å². The predicted octanol–water partition coefficient (Wildman–Crippen LogP) is 4.51. The quantitative estimate of drug-likeness (QED) is 0.796. The van der Waals surface area contributed by atoms with E-state index in [0.29, 0.717) is 17.1 Å². The molecule has 0 fully saturated rings. The number of halogens is 1. The Bertz CT molecular complexity index is 615. The molecule has 0 bridgehead atoms. The van der Waals surface area contributed by atoms with Crippen molar-refractivity contribution in [3.8, 4) is 0 Å². The molecule has 0 atom stereocenters. The summed E-state index contributed by atoms with van der Waals surface area (Å²) >= 11 is 1.36. The first-order chi connectivity index (χ1) is 10.2. The number of aryl methyl sites for hydroxylation is 1. The van der Waals surface area contributed by atoms with E-state index in [-0.39, 0.29) is 11.7 Å². The van der Waals surface area contributed by atoms with Crippen molar-refractivity contribution in [2.45, 2.75) is 24.7 Å². The summed E-state index contributed by atoms with van der Waals surface area (Å²) in [7, 11) is 0. The Morgan fingerprint density at radius 3 is 2.62 bits per heavy atom. The Kier molecular flexibility index (Phi) is 5.81. The van der Waals surface area contributed by atoms with Gasteiger partial charge in [0, 0.05) is 22.8 Å². The zero-order chi connectivity index (χ0) is 15.1. The summed E-state index contributed by atoms with van der Waals surface area (Å²) in [6.07, 6.45) is 1.23. The van der Waals surface area contributed by atoms with Crippen molar-refractivity contribution in [3.05, 3.63) is 59.9 Å². The molecule has 1 amide bonds. The van der Waals surface area contributed by atoms with Crippen molar-refractivity contribution >= 4 is 23.4 Å². The summed E-state index contributed by atoms with van der Waals surface area (Å²) in [5, 5.41) is 2.92. The van der Waals surface area contributed by atoms with Gasteiger partial charge in [0.15, 0.2) is 0 Å². The summed E-state index contributed by atoms with van der Waals surface area (Å²) in [4.78, 5) is 12.5. The Morgan fingerprint density at radius 1 is 1.14 bits per heavy atom. The number of para-hydroxylation sites is 1. The van der Waals surface area contributed by atoms with Gasteiger partial charge >= 0.3 is 0 Å². The van der Waals surface area contributed by atoms with Gasteiger partial charge in [0.05, 0.1) is 0 Å². The van der Waals surface area contributed by atoms with E-state index in [9.17, 15) is 9.18 Å². The van der Waals surface area contributed by atoms with E-state index >= 15 is 0 Å². The van der Waals surface area contributed by atoms with Crippen LogP contribution in [0, 0.1) is 5.82 Å². The lowest BCUT2D eigenvalue weighted by atomic mass is 10.1. The third kappa shape index (κ3) is 4.60. The van der Waals surface area contributed by atoms with E-state index in [0.717, 1.165) is 17.7 Å². The zero-order valence-electron chi connectivity index (χ0n) is 11.9. The van der Waals surface area contributed by atoms with Crippen molar-refractivity contribution in [2.24, 2.45) is 0 Å². The maximum absolute atomic E-state index is 13.4. The van der Waals surface area contributed by atoms with Gasteiger partial charge in [0.1, 0.15) is 5.82 Å². The number of carbonyl (C=O) groups is 1. The molecule has 2 aromatic carbocycles. The molecule has 1 N–H and O–H groups in total. The molecule has 0 spiro atoms. The number of amides is 1. The summed E-state index contributed by atoms with van der Waals surface area (Å²) in [5.74, 6) is 0.278. The van der Waals surface area contributed by atoms with Crippen molar-refractivity contribution in [1.29, 1.82) is 0 Å². The van der Waals surface area contributed by atoms with Crippen LogP contribution in [0.4, 0.5) is 10.1 Å². The van der Waals surface area contributed by atoms with E-state index in [1.165, 1.54) is 17.8 Å². The highest BCUT2D eigenvalue weighted by molar-refractivity contribution is 7.99. The van der Waals surface area contributed by atoms with Crippen LogP contribution in [0.15, 0.2) is 53.4 Å². The van der Waals surface area contributed by atoms with E-state index in [4.69, 9.17) is 0 Å². The fraction of sp³-hybridized carbons (Fsp3) is 0.235. The van der Waals surface area contributed by atoms with Crippen LogP contribution >= 0.6 is 11.8 Å². The molecule has 0 aliphatic heterocycles. The number of thioether (sulfide) groups is 1. The molecule has 110 valence electrons. The third-order valence-corrected chi connectivity index (χ3v) is 4.15. The predicted molar refractivity (Wildman–Crippen MR) is 86.2 cm³/mol. The van der Waals surface area contributed by atoms with Gasteiger partial charge < -0.3 is 5.32 Å². The summed E-state index contributed by atoms with van der Waals surface area (Å²) in [6, 6.07) is 14.4. The minimum atomic E-state index is -0.237. The molecule has 0 unspecified atom stereocenters. The molecule has 4 heteroatoms. The molecule has 0 radical (unpaired) electrons. The summed E-state index contributed by atoms with van der Waals surface area (Å²) in [6.45, 7) is 2.05.